The Kier molecular flexibility index (Phi) is 12.2. The number of aromatic hydroxyl groups is 3. The van der Waals surface area contributed by atoms with Crippen molar-refractivity contribution in [1.29, 1.82) is 0 Å². The number of ketones is 1. The third kappa shape index (κ3) is 10.5. The van der Waals surface area contributed by atoms with Crippen molar-refractivity contribution in [2.24, 2.45) is 0 Å². The van der Waals surface area contributed by atoms with Gasteiger partial charge in [0.15, 0.2) is 5.78 Å². The predicted octanol–water partition coefficient (Wildman–Crippen LogP) is 5.55. The molecule has 1 aromatic rings. The fourth-order valence-corrected chi connectivity index (χ4v) is 2.87. The minimum atomic E-state index is -0.506. The molecule has 0 amide bonds. The molecule has 1 unspecified atom stereocenters. The molecule has 29 heavy (non-hydrogen) atoms. The van der Waals surface area contributed by atoms with Crippen LogP contribution in [-0.4, -0.2) is 32.3 Å². The number of hydrogen-bond donors (Lipinski definition) is 4. The van der Waals surface area contributed by atoms with Crippen LogP contribution in [0.5, 0.6) is 17.2 Å². The Morgan fingerprint density at radius 1 is 0.931 bits per heavy atom. The zero-order valence-electron chi connectivity index (χ0n) is 17.3. The lowest BCUT2D eigenvalue weighted by molar-refractivity contribution is 0.0974. The highest BCUT2D eigenvalue weighted by molar-refractivity contribution is 6.01. The summed E-state index contributed by atoms with van der Waals surface area (Å²) in [5.41, 5.74) is -0.146. The van der Waals surface area contributed by atoms with E-state index < -0.39 is 17.6 Å². The molecule has 0 radical (unpaired) electrons. The Morgan fingerprint density at radius 3 is 2.28 bits per heavy atom. The lowest BCUT2D eigenvalue weighted by Gasteiger charge is -2.07. The van der Waals surface area contributed by atoms with Crippen LogP contribution in [-0.2, 0) is 0 Å². The summed E-state index contributed by atoms with van der Waals surface area (Å²) in [7, 11) is 0. The number of benzene rings is 1. The van der Waals surface area contributed by atoms with Crippen LogP contribution in [0.1, 0.15) is 75.1 Å². The fourth-order valence-electron chi connectivity index (χ4n) is 2.87. The number of phenols is 3. The van der Waals surface area contributed by atoms with Crippen LogP contribution in [0.15, 0.2) is 48.6 Å². The second kappa shape index (κ2) is 14.5. The molecule has 5 nitrogen and oxygen atoms in total. The molecule has 0 heterocycles. The molecule has 0 aliphatic rings. The maximum absolute atomic E-state index is 12.1. The number of carbonyl (C=O) groups excluding carboxylic acids is 1. The summed E-state index contributed by atoms with van der Waals surface area (Å²) < 4.78 is 0. The van der Waals surface area contributed by atoms with Gasteiger partial charge in [0.05, 0.1) is 6.10 Å². The summed E-state index contributed by atoms with van der Waals surface area (Å²) in [6, 6.07) is 2.08. The maximum atomic E-state index is 12.1. The number of unbranched alkanes of at least 4 members (excludes halogenated alkanes) is 5. The molecular formula is C24H34O5. The van der Waals surface area contributed by atoms with Crippen molar-refractivity contribution in [3.8, 4) is 17.2 Å². The average Bonchev–Trinajstić information content (AvgIpc) is 2.65. The Morgan fingerprint density at radius 2 is 1.59 bits per heavy atom. The van der Waals surface area contributed by atoms with Crippen molar-refractivity contribution in [2.45, 2.75) is 70.8 Å². The van der Waals surface area contributed by atoms with Gasteiger partial charge < -0.3 is 20.4 Å². The molecule has 0 aliphatic carbocycles. The highest BCUT2D eigenvalue weighted by Gasteiger charge is 2.17. The highest BCUT2D eigenvalue weighted by atomic mass is 16.3. The standard InChI is InChI=1S/C24H34O5/c1-2-3-4-5-6-8-11-14-19(25)15-12-9-7-10-13-16-21(27)24-22(28)17-20(26)18-23(24)29/h6,8-9,11-12,14,17-19,25-26,28-29H,2-5,7,10,13,15-16H2,1H3/b8-6-,12-9-,14-11+. The summed E-state index contributed by atoms with van der Waals surface area (Å²) >= 11 is 0. The first kappa shape index (κ1) is 24.5. The van der Waals surface area contributed by atoms with Crippen molar-refractivity contribution in [3.63, 3.8) is 0 Å². The first-order chi connectivity index (χ1) is 14.0. The van der Waals surface area contributed by atoms with Crippen LogP contribution in [0.3, 0.4) is 0 Å². The molecule has 0 saturated carbocycles. The first-order valence-electron chi connectivity index (χ1n) is 10.4. The Balaban J connectivity index is 2.20. The van der Waals surface area contributed by atoms with Gasteiger partial charge in [-0.25, -0.2) is 0 Å². The van der Waals surface area contributed by atoms with Gasteiger partial charge >= 0.3 is 0 Å². The molecule has 0 aromatic heterocycles. The molecule has 1 rings (SSSR count). The van der Waals surface area contributed by atoms with Gasteiger partial charge in [-0.05, 0) is 38.5 Å². The Hall–Kier alpha value is -2.53. The minimum absolute atomic E-state index is 0.146. The number of allylic oxidation sites excluding steroid dienone is 4. The molecule has 160 valence electrons. The van der Waals surface area contributed by atoms with Crippen LogP contribution >= 0.6 is 0 Å². The van der Waals surface area contributed by atoms with Crippen molar-refractivity contribution in [3.05, 3.63) is 54.2 Å². The third-order valence-corrected chi connectivity index (χ3v) is 4.48. The molecule has 0 fully saturated rings. The maximum Gasteiger partial charge on any atom is 0.170 e. The zero-order chi connectivity index (χ0) is 21.5. The molecular weight excluding hydrogens is 368 g/mol. The van der Waals surface area contributed by atoms with E-state index in [1.807, 2.05) is 24.3 Å². The first-order valence-corrected chi connectivity index (χ1v) is 10.4. The SMILES string of the molecule is CCCCC/C=C\C=C\C(O)C/C=C\CCCCC(=O)c1c(O)cc(O)cc1O. The molecule has 1 atom stereocenters. The molecule has 0 saturated heterocycles. The molecule has 0 spiro atoms. The number of aliphatic hydroxyl groups excluding tert-OH is 1. The van der Waals surface area contributed by atoms with E-state index in [2.05, 4.69) is 13.0 Å². The Labute approximate surface area is 173 Å². The molecule has 0 bridgehead atoms. The van der Waals surface area contributed by atoms with Crippen LogP contribution < -0.4 is 0 Å². The van der Waals surface area contributed by atoms with E-state index in [0.29, 0.717) is 12.8 Å². The van der Waals surface area contributed by atoms with Gasteiger partial charge in [0, 0.05) is 18.6 Å². The average molecular weight is 403 g/mol. The molecule has 5 heteroatoms. The van der Waals surface area contributed by atoms with Crippen molar-refractivity contribution >= 4 is 5.78 Å². The fraction of sp³-hybridized carbons (Fsp3) is 0.458. The van der Waals surface area contributed by atoms with Crippen molar-refractivity contribution in [2.75, 3.05) is 0 Å². The Bertz CT molecular complexity index is 680. The van der Waals surface area contributed by atoms with Gasteiger partial charge in [0.25, 0.3) is 0 Å². The van der Waals surface area contributed by atoms with Gasteiger partial charge in [0.1, 0.15) is 22.8 Å². The van der Waals surface area contributed by atoms with Gasteiger partial charge in [-0.3, -0.25) is 4.79 Å². The van der Waals surface area contributed by atoms with Crippen LogP contribution in [0.2, 0.25) is 0 Å². The second-order valence-electron chi connectivity index (χ2n) is 7.11. The zero-order valence-corrected chi connectivity index (χ0v) is 17.3. The smallest absolute Gasteiger partial charge is 0.170 e. The lowest BCUT2D eigenvalue weighted by Crippen LogP contribution is -2.00. The van der Waals surface area contributed by atoms with Gasteiger partial charge in [-0.2, -0.15) is 0 Å². The van der Waals surface area contributed by atoms with E-state index in [1.165, 1.54) is 19.3 Å². The van der Waals surface area contributed by atoms with E-state index in [-0.39, 0.29) is 23.5 Å². The summed E-state index contributed by atoms with van der Waals surface area (Å²) in [4.78, 5) is 12.1. The molecule has 1 aromatic carbocycles. The number of carbonyl (C=O) groups is 1. The topological polar surface area (TPSA) is 98.0 Å². The molecule has 0 aliphatic heterocycles. The van der Waals surface area contributed by atoms with Crippen LogP contribution in [0.25, 0.3) is 0 Å². The summed E-state index contributed by atoms with van der Waals surface area (Å²) in [5.74, 6) is -1.47. The number of rotatable bonds is 14. The highest BCUT2D eigenvalue weighted by Crippen LogP contribution is 2.33. The summed E-state index contributed by atoms with van der Waals surface area (Å²) in [6.07, 6.45) is 18.8. The van der Waals surface area contributed by atoms with Gasteiger partial charge in [0.2, 0.25) is 0 Å². The monoisotopic (exact) mass is 402 g/mol. The third-order valence-electron chi connectivity index (χ3n) is 4.48. The quantitative estimate of drug-likeness (QED) is 0.142. The number of hydrogen-bond acceptors (Lipinski definition) is 5. The molecule has 4 N–H and O–H groups in total. The number of aliphatic hydroxyl groups is 1. The van der Waals surface area contributed by atoms with Crippen molar-refractivity contribution < 1.29 is 25.2 Å². The van der Waals surface area contributed by atoms with E-state index in [4.69, 9.17) is 0 Å². The lowest BCUT2D eigenvalue weighted by atomic mass is 10.0. The van der Waals surface area contributed by atoms with E-state index in [1.54, 1.807) is 6.08 Å². The van der Waals surface area contributed by atoms with E-state index >= 15 is 0 Å². The van der Waals surface area contributed by atoms with Gasteiger partial charge in [-0.1, -0.05) is 56.2 Å². The summed E-state index contributed by atoms with van der Waals surface area (Å²) in [5, 5.41) is 38.6. The minimum Gasteiger partial charge on any atom is -0.508 e. The number of phenolic OH excluding ortho intramolecular Hbond substituents is 3. The van der Waals surface area contributed by atoms with E-state index in [9.17, 15) is 25.2 Å². The van der Waals surface area contributed by atoms with Crippen LogP contribution in [0, 0.1) is 0 Å². The largest absolute Gasteiger partial charge is 0.508 e. The normalized spacial score (nSPS) is 13.0. The van der Waals surface area contributed by atoms with E-state index in [0.717, 1.165) is 31.4 Å². The summed E-state index contributed by atoms with van der Waals surface area (Å²) in [6.45, 7) is 2.18. The predicted molar refractivity (Wildman–Crippen MR) is 116 cm³/mol. The van der Waals surface area contributed by atoms with Crippen molar-refractivity contribution in [1.82, 2.24) is 0 Å². The van der Waals surface area contributed by atoms with Gasteiger partial charge in [-0.15, -0.1) is 0 Å². The second-order valence-corrected chi connectivity index (χ2v) is 7.11. The van der Waals surface area contributed by atoms with Crippen LogP contribution in [0.4, 0.5) is 0 Å². The number of Topliss-reactive ketones (excluding diaryl/α,β-unsaturated/α-hetero) is 1.